The van der Waals surface area contributed by atoms with E-state index in [1.807, 2.05) is 27.7 Å². The number of unbranched alkanes of at least 4 members (excludes halogenated alkanes) is 4. The number of ether oxygens (including phenoxy) is 1. The molecular weight excluding hydrogens is 405 g/mol. The molecular formula is C18H34INO3. The molecule has 4 nitrogen and oxygen atoms in total. The van der Waals surface area contributed by atoms with Crippen LogP contribution in [0.25, 0.3) is 0 Å². The summed E-state index contributed by atoms with van der Waals surface area (Å²) in [5.41, 5.74) is -0.417. The third kappa shape index (κ3) is 15.0. The van der Waals surface area contributed by atoms with Crippen molar-refractivity contribution in [2.45, 2.75) is 84.7 Å². The normalized spacial score (nSPS) is 12.7. The standard InChI is InChI=1S/C18H34INO3/c1-15(17(22)23-18(2,3)4)11-7-5-8-12-16(21)20-14-10-6-9-13-19/h15H,5-14H2,1-4H3,(H,20,21). The molecule has 0 aliphatic rings. The molecule has 0 spiro atoms. The number of nitrogens with one attached hydrogen (secondary N) is 1. The molecule has 0 saturated carbocycles. The van der Waals surface area contributed by atoms with Gasteiger partial charge < -0.3 is 10.1 Å². The van der Waals surface area contributed by atoms with Crippen molar-refractivity contribution in [3.05, 3.63) is 0 Å². The van der Waals surface area contributed by atoms with Crippen molar-refractivity contribution < 1.29 is 14.3 Å². The molecule has 136 valence electrons. The van der Waals surface area contributed by atoms with Crippen molar-refractivity contribution >= 4 is 34.5 Å². The van der Waals surface area contributed by atoms with Crippen molar-refractivity contribution in [1.82, 2.24) is 5.32 Å². The number of halogens is 1. The molecule has 0 aliphatic carbocycles. The monoisotopic (exact) mass is 439 g/mol. The summed E-state index contributed by atoms with van der Waals surface area (Å²) in [6.45, 7) is 8.37. The summed E-state index contributed by atoms with van der Waals surface area (Å²) in [5, 5.41) is 2.97. The molecule has 0 aromatic rings. The molecule has 0 aliphatic heterocycles. The third-order valence-electron chi connectivity index (χ3n) is 3.48. The first-order chi connectivity index (χ1) is 10.8. The maximum atomic E-state index is 11.8. The highest BCUT2D eigenvalue weighted by Gasteiger charge is 2.21. The molecule has 0 rings (SSSR count). The second-order valence-electron chi connectivity index (χ2n) is 7.13. The number of carbonyl (C=O) groups excluding carboxylic acids is 2. The predicted octanol–water partition coefficient (Wildman–Crippen LogP) is 4.64. The maximum Gasteiger partial charge on any atom is 0.309 e. The van der Waals surface area contributed by atoms with Crippen LogP contribution in [0.2, 0.25) is 0 Å². The lowest BCUT2D eigenvalue weighted by atomic mass is 10.0. The molecule has 0 bridgehead atoms. The van der Waals surface area contributed by atoms with Crippen LogP contribution in [-0.4, -0.2) is 28.4 Å². The van der Waals surface area contributed by atoms with Gasteiger partial charge in [0.05, 0.1) is 5.92 Å². The lowest BCUT2D eigenvalue weighted by Gasteiger charge is -2.22. The van der Waals surface area contributed by atoms with E-state index in [1.54, 1.807) is 0 Å². The number of amides is 1. The molecule has 1 N–H and O–H groups in total. The van der Waals surface area contributed by atoms with Gasteiger partial charge in [-0.2, -0.15) is 0 Å². The molecule has 1 unspecified atom stereocenters. The lowest BCUT2D eigenvalue weighted by Crippen LogP contribution is -2.27. The van der Waals surface area contributed by atoms with Gasteiger partial charge >= 0.3 is 5.97 Å². The number of carbonyl (C=O) groups is 2. The van der Waals surface area contributed by atoms with Crippen molar-refractivity contribution in [2.24, 2.45) is 5.92 Å². The summed E-state index contributed by atoms with van der Waals surface area (Å²) < 4.78 is 6.55. The molecule has 23 heavy (non-hydrogen) atoms. The van der Waals surface area contributed by atoms with E-state index in [1.165, 1.54) is 17.3 Å². The Kier molecular flexibility index (Phi) is 12.8. The molecule has 0 radical (unpaired) electrons. The van der Waals surface area contributed by atoms with E-state index in [4.69, 9.17) is 4.74 Å². The topological polar surface area (TPSA) is 55.4 Å². The van der Waals surface area contributed by atoms with Crippen LogP contribution in [0.1, 0.15) is 79.1 Å². The maximum absolute atomic E-state index is 11.8. The van der Waals surface area contributed by atoms with Crippen LogP contribution in [0.5, 0.6) is 0 Å². The van der Waals surface area contributed by atoms with E-state index < -0.39 is 5.60 Å². The first-order valence-electron chi connectivity index (χ1n) is 8.82. The highest BCUT2D eigenvalue weighted by molar-refractivity contribution is 14.1. The zero-order valence-electron chi connectivity index (χ0n) is 15.3. The van der Waals surface area contributed by atoms with Crippen molar-refractivity contribution in [2.75, 3.05) is 11.0 Å². The number of hydrogen-bond donors (Lipinski definition) is 1. The number of hydrogen-bond acceptors (Lipinski definition) is 3. The van der Waals surface area contributed by atoms with Gasteiger partial charge in [-0.1, -0.05) is 48.8 Å². The van der Waals surface area contributed by atoms with Crippen LogP contribution < -0.4 is 5.32 Å². The second-order valence-corrected chi connectivity index (χ2v) is 8.21. The van der Waals surface area contributed by atoms with Crippen LogP contribution >= 0.6 is 22.6 Å². The van der Waals surface area contributed by atoms with Gasteiger partial charge in [-0.15, -0.1) is 0 Å². The Labute approximate surface area is 155 Å². The molecule has 0 aromatic heterocycles. The van der Waals surface area contributed by atoms with E-state index in [0.717, 1.165) is 38.6 Å². The zero-order chi connectivity index (χ0) is 17.7. The minimum Gasteiger partial charge on any atom is -0.460 e. The molecule has 1 atom stereocenters. The van der Waals surface area contributed by atoms with Crippen LogP contribution in [0.15, 0.2) is 0 Å². The van der Waals surface area contributed by atoms with Crippen molar-refractivity contribution in [3.8, 4) is 0 Å². The Morgan fingerprint density at radius 3 is 2.30 bits per heavy atom. The minimum absolute atomic E-state index is 0.0686. The van der Waals surface area contributed by atoms with E-state index >= 15 is 0 Å². The van der Waals surface area contributed by atoms with Crippen LogP contribution in [0, 0.1) is 5.92 Å². The summed E-state index contributed by atoms with van der Waals surface area (Å²) in [6, 6.07) is 0. The fourth-order valence-corrected chi connectivity index (χ4v) is 2.68. The summed E-state index contributed by atoms with van der Waals surface area (Å²) in [6.07, 6.45) is 7.74. The summed E-state index contributed by atoms with van der Waals surface area (Å²) in [7, 11) is 0. The minimum atomic E-state index is -0.417. The van der Waals surface area contributed by atoms with Gasteiger partial charge in [-0.05, 0) is 50.9 Å². The van der Waals surface area contributed by atoms with Crippen LogP contribution in [0.3, 0.4) is 0 Å². The predicted molar refractivity (Wildman–Crippen MR) is 104 cm³/mol. The van der Waals surface area contributed by atoms with Gasteiger partial charge in [0, 0.05) is 13.0 Å². The molecule has 1 amide bonds. The van der Waals surface area contributed by atoms with E-state index in [-0.39, 0.29) is 17.8 Å². The lowest BCUT2D eigenvalue weighted by molar-refractivity contribution is -0.159. The van der Waals surface area contributed by atoms with Gasteiger partial charge in [0.1, 0.15) is 5.60 Å². The summed E-state index contributed by atoms with van der Waals surface area (Å²) in [4.78, 5) is 23.5. The molecule has 0 fully saturated rings. The zero-order valence-corrected chi connectivity index (χ0v) is 17.4. The molecule has 0 heterocycles. The average molecular weight is 439 g/mol. The Bertz CT molecular complexity index is 340. The van der Waals surface area contributed by atoms with Crippen LogP contribution in [0.4, 0.5) is 0 Å². The Morgan fingerprint density at radius 2 is 1.70 bits per heavy atom. The highest BCUT2D eigenvalue weighted by Crippen LogP contribution is 2.16. The number of esters is 1. The van der Waals surface area contributed by atoms with E-state index in [0.29, 0.717) is 6.42 Å². The van der Waals surface area contributed by atoms with Crippen molar-refractivity contribution in [3.63, 3.8) is 0 Å². The van der Waals surface area contributed by atoms with Gasteiger partial charge in [-0.3, -0.25) is 9.59 Å². The summed E-state index contributed by atoms with van der Waals surface area (Å²) in [5.74, 6) is -0.0395. The smallest absolute Gasteiger partial charge is 0.309 e. The van der Waals surface area contributed by atoms with Gasteiger partial charge in [0.15, 0.2) is 0 Å². The Hall–Kier alpha value is -0.330. The third-order valence-corrected chi connectivity index (χ3v) is 4.25. The van der Waals surface area contributed by atoms with Gasteiger partial charge in [-0.25, -0.2) is 0 Å². The largest absolute Gasteiger partial charge is 0.460 e. The second kappa shape index (κ2) is 13.0. The molecule has 5 heteroatoms. The number of rotatable bonds is 12. The van der Waals surface area contributed by atoms with E-state index in [2.05, 4.69) is 27.9 Å². The first-order valence-corrected chi connectivity index (χ1v) is 10.3. The van der Waals surface area contributed by atoms with Gasteiger partial charge in [0.2, 0.25) is 5.91 Å². The summed E-state index contributed by atoms with van der Waals surface area (Å²) >= 11 is 2.38. The SMILES string of the molecule is CC(CCCCCC(=O)NCCCCCI)C(=O)OC(C)(C)C. The quantitative estimate of drug-likeness (QED) is 0.209. The molecule has 0 saturated heterocycles. The van der Waals surface area contributed by atoms with Crippen molar-refractivity contribution in [1.29, 1.82) is 0 Å². The Morgan fingerprint density at radius 1 is 1.04 bits per heavy atom. The molecule has 0 aromatic carbocycles. The first kappa shape index (κ1) is 22.7. The fourth-order valence-electron chi connectivity index (χ4n) is 2.15. The number of alkyl halides is 1. The van der Waals surface area contributed by atoms with Crippen LogP contribution in [-0.2, 0) is 14.3 Å². The average Bonchev–Trinajstić information content (AvgIpc) is 2.44. The Balaban J connectivity index is 3.57. The van der Waals surface area contributed by atoms with Gasteiger partial charge in [0.25, 0.3) is 0 Å². The van der Waals surface area contributed by atoms with E-state index in [9.17, 15) is 9.59 Å². The fraction of sp³-hybridized carbons (Fsp3) is 0.889. The highest BCUT2D eigenvalue weighted by atomic mass is 127.